The Morgan fingerprint density at radius 1 is 1.27 bits per heavy atom. The Balaban J connectivity index is 3.39. The van der Waals surface area contributed by atoms with Gasteiger partial charge in [0.2, 0.25) is 0 Å². The van der Waals surface area contributed by atoms with E-state index in [0.717, 1.165) is 19.4 Å². The molecule has 2 N–H and O–H groups in total. The predicted molar refractivity (Wildman–Crippen MR) is 59.5 cm³/mol. The van der Waals surface area contributed by atoms with E-state index in [1.165, 1.54) is 0 Å². The molecule has 0 aliphatic rings. The number of nitrogens with two attached hydrogens (primary N) is 1. The summed E-state index contributed by atoms with van der Waals surface area (Å²) in [6.45, 7) is 7.36. The number of ether oxygens (including phenoxy) is 2. The maximum absolute atomic E-state index is 11.3. The Kier molecular flexibility index (Phi) is 8.33. The number of rotatable bonds is 8. The van der Waals surface area contributed by atoms with Crippen LogP contribution in [0, 0.1) is 5.92 Å². The Morgan fingerprint density at radius 2 is 1.93 bits per heavy atom. The molecule has 0 rings (SSSR count). The van der Waals surface area contributed by atoms with Crippen LogP contribution in [0.25, 0.3) is 0 Å². The normalized spacial score (nSPS) is 12.9. The zero-order chi connectivity index (χ0) is 11.7. The highest BCUT2D eigenvalue weighted by Crippen LogP contribution is 2.00. The summed E-state index contributed by atoms with van der Waals surface area (Å²) in [6, 6.07) is -0.527. The molecule has 4 heteroatoms. The third kappa shape index (κ3) is 7.33. The Hall–Kier alpha value is -0.610. The number of unbranched alkanes of at least 4 members (excludes halogenated alkanes) is 1. The minimum Gasteiger partial charge on any atom is -0.462 e. The first-order valence-electron chi connectivity index (χ1n) is 5.59. The van der Waals surface area contributed by atoms with Gasteiger partial charge in [-0.2, -0.15) is 0 Å². The van der Waals surface area contributed by atoms with Crippen LogP contribution in [0.1, 0.15) is 33.6 Å². The molecule has 15 heavy (non-hydrogen) atoms. The maximum Gasteiger partial charge on any atom is 0.323 e. The van der Waals surface area contributed by atoms with E-state index in [1.54, 1.807) is 0 Å². The highest BCUT2D eigenvalue weighted by Gasteiger charge is 2.18. The molecule has 1 atom stereocenters. The molecule has 90 valence electrons. The number of carbonyl (C=O) groups excluding carboxylic acids is 1. The molecular weight excluding hydrogens is 194 g/mol. The standard InChI is InChI=1S/C11H23NO3/c1-4-5-6-14-7-8-15-11(13)10(12)9(2)3/h9-10H,4-8,12H2,1-3H3/t10-/m1/s1. The lowest BCUT2D eigenvalue weighted by atomic mass is 10.1. The Labute approximate surface area is 92.1 Å². The van der Waals surface area contributed by atoms with E-state index in [1.807, 2.05) is 13.8 Å². The van der Waals surface area contributed by atoms with Crippen molar-refractivity contribution in [3.8, 4) is 0 Å². The second-order valence-electron chi connectivity index (χ2n) is 3.90. The van der Waals surface area contributed by atoms with Gasteiger partial charge < -0.3 is 15.2 Å². The molecule has 0 saturated carbocycles. The van der Waals surface area contributed by atoms with Crippen molar-refractivity contribution in [2.45, 2.75) is 39.7 Å². The lowest BCUT2D eigenvalue weighted by Crippen LogP contribution is -2.37. The molecule has 0 aromatic carbocycles. The van der Waals surface area contributed by atoms with Crippen LogP contribution in [0.3, 0.4) is 0 Å². The van der Waals surface area contributed by atoms with Gasteiger partial charge in [0.05, 0.1) is 6.61 Å². The van der Waals surface area contributed by atoms with Crippen molar-refractivity contribution < 1.29 is 14.3 Å². The summed E-state index contributed by atoms with van der Waals surface area (Å²) < 4.78 is 10.2. The fourth-order valence-corrected chi connectivity index (χ4v) is 0.918. The van der Waals surface area contributed by atoms with E-state index in [2.05, 4.69) is 6.92 Å². The molecule has 0 fully saturated rings. The molecule has 0 aliphatic carbocycles. The first-order valence-corrected chi connectivity index (χ1v) is 5.59. The summed E-state index contributed by atoms with van der Waals surface area (Å²) in [4.78, 5) is 11.3. The third-order valence-electron chi connectivity index (χ3n) is 2.10. The zero-order valence-corrected chi connectivity index (χ0v) is 9.99. The highest BCUT2D eigenvalue weighted by atomic mass is 16.6. The molecule has 0 heterocycles. The first kappa shape index (κ1) is 14.4. The molecule has 4 nitrogen and oxygen atoms in total. The minimum atomic E-state index is -0.527. The van der Waals surface area contributed by atoms with Gasteiger partial charge in [-0.15, -0.1) is 0 Å². The average molecular weight is 217 g/mol. The van der Waals surface area contributed by atoms with Gasteiger partial charge in [0.1, 0.15) is 12.6 Å². The Bertz CT molecular complexity index is 171. The van der Waals surface area contributed by atoms with Gasteiger partial charge in [-0.3, -0.25) is 4.79 Å². The second-order valence-corrected chi connectivity index (χ2v) is 3.90. The molecule has 0 radical (unpaired) electrons. The molecule has 0 saturated heterocycles. The topological polar surface area (TPSA) is 61.5 Å². The van der Waals surface area contributed by atoms with Crippen molar-refractivity contribution in [1.82, 2.24) is 0 Å². The van der Waals surface area contributed by atoms with Gasteiger partial charge in [0.15, 0.2) is 0 Å². The summed E-state index contributed by atoms with van der Waals surface area (Å²) in [5.41, 5.74) is 5.61. The Morgan fingerprint density at radius 3 is 2.47 bits per heavy atom. The van der Waals surface area contributed by atoms with Crippen molar-refractivity contribution in [3.05, 3.63) is 0 Å². The van der Waals surface area contributed by atoms with E-state index >= 15 is 0 Å². The third-order valence-corrected chi connectivity index (χ3v) is 2.10. The molecular formula is C11H23NO3. The zero-order valence-electron chi connectivity index (χ0n) is 9.99. The van der Waals surface area contributed by atoms with Gasteiger partial charge in [-0.05, 0) is 12.3 Å². The summed E-state index contributed by atoms with van der Waals surface area (Å²) >= 11 is 0. The van der Waals surface area contributed by atoms with Crippen molar-refractivity contribution in [2.75, 3.05) is 19.8 Å². The second kappa shape index (κ2) is 8.68. The van der Waals surface area contributed by atoms with Crippen molar-refractivity contribution in [1.29, 1.82) is 0 Å². The van der Waals surface area contributed by atoms with E-state index in [9.17, 15) is 4.79 Å². The van der Waals surface area contributed by atoms with Crippen LogP contribution in [0.5, 0.6) is 0 Å². The monoisotopic (exact) mass is 217 g/mol. The minimum absolute atomic E-state index is 0.110. The van der Waals surface area contributed by atoms with E-state index in [4.69, 9.17) is 15.2 Å². The quantitative estimate of drug-likeness (QED) is 0.492. The van der Waals surface area contributed by atoms with Crippen LogP contribution >= 0.6 is 0 Å². The average Bonchev–Trinajstić information content (AvgIpc) is 2.21. The first-order chi connectivity index (χ1) is 7.09. The number of esters is 1. The van der Waals surface area contributed by atoms with Gasteiger partial charge in [0, 0.05) is 6.61 Å². The SMILES string of the molecule is CCCCOCCOC(=O)[C@H](N)C(C)C. The lowest BCUT2D eigenvalue weighted by molar-refractivity contribution is -0.147. The predicted octanol–water partition coefficient (Wildman–Crippen LogP) is 1.33. The van der Waals surface area contributed by atoms with E-state index < -0.39 is 6.04 Å². The highest BCUT2D eigenvalue weighted by molar-refractivity contribution is 5.75. The summed E-state index contributed by atoms with van der Waals surface area (Å²) in [7, 11) is 0. The summed E-state index contributed by atoms with van der Waals surface area (Å²) in [5, 5.41) is 0. The number of hydrogen-bond acceptors (Lipinski definition) is 4. The fraction of sp³-hybridized carbons (Fsp3) is 0.909. The molecule has 0 spiro atoms. The van der Waals surface area contributed by atoms with Crippen LogP contribution in [-0.4, -0.2) is 31.8 Å². The number of hydrogen-bond donors (Lipinski definition) is 1. The van der Waals surface area contributed by atoms with Crippen LogP contribution < -0.4 is 5.73 Å². The van der Waals surface area contributed by atoms with Gasteiger partial charge in [-0.1, -0.05) is 27.2 Å². The van der Waals surface area contributed by atoms with Crippen LogP contribution in [0.15, 0.2) is 0 Å². The van der Waals surface area contributed by atoms with Crippen molar-refractivity contribution in [2.24, 2.45) is 11.7 Å². The van der Waals surface area contributed by atoms with Crippen molar-refractivity contribution >= 4 is 5.97 Å². The largest absolute Gasteiger partial charge is 0.462 e. The lowest BCUT2D eigenvalue weighted by Gasteiger charge is -2.14. The summed E-state index contributed by atoms with van der Waals surface area (Å²) in [5.74, 6) is -0.234. The van der Waals surface area contributed by atoms with Gasteiger partial charge in [-0.25, -0.2) is 0 Å². The molecule has 0 amide bonds. The van der Waals surface area contributed by atoms with Gasteiger partial charge >= 0.3 is 5.97 Å². The molecule has 0 aromatic rings. The van der Waals surface area contributed by atoms with Crippen LogP contribution in [0.4, 0.5) is 0 Å². The van der Waals surface area contributed by atoms with Crippen LogP contribution in [-0.2, 0) is 14.3 Å². The molecule has 0 aromatic heterocycles. The van der Waals surface area contributed by atoms with E-state index in [-0.39, 0.29) is 11.9 Å². The van der Waals surface area contributed by atoms with E-state index in [0.29, 0.717) is 13.2 Å². The fourth-order valence-electron chi connectivity index (χ4n) is 0.918. The van der Waals surface area contributed by atoms with Crippen molar-refractivity contribution in [3.63, 3.8) is 0 Å². The molecule has 0 bridgehead atoms. The molecule has 0 aliphatic heterocycles. The molecule has 0 unspecified atom stereocenters. The van der Waals surface area contributed by atoms with Gasteiger partial charge in [0.25, 0.3) is 0 Å². The van der Waals surface area contributed by atoms with Crippen LogP contribution in [0.2, 0.25) is 0 Å². The smallest absolute Gasteiger partial charge is 0.323 e. The maximum atomic E-state index is 11.3. The number of carbonyl (C=O) groups is 1. The summed E-state index contributed by atoms with van der Waals surface area (Å²) in [6.07, 6.45) is 2.15.